The maximum absolute atomic E-state index is 13.9. The minimum Gasteiger partial charge on any atom is -0.505 e. The number of carbonyl (C=O) groups is 3. The molecule has 0 radical (unpaired) electrons. The van der Waals surface area contributed by atoms with Crippen LogP contribution >= 0.6 is 11.3 Å². The minimum absolute atomic E-state index is 0.00155. The highest BCUT2D eigenvalue weighted by molar-refractivity contribution is 7.17. The van der Waals surface area contributed by atoms with Crippen molar-refractivity contribution in [1.82, 2.24) is 14.4 Å². The van der Waals surface area contributed by atoms with E-state index in [1.54, 1.807) is 54.8 Å². The van der Waals surface area contributed by atoms with Crippen molar-refractivity contribution in [3.8, 4) is 11.5 Å². The van der Waals surface area contributed by atoms with Crippen molar-refractivity contribution < 1.29 is 33.7 Å². The second-order valence-electron chi connectivity index (χ2n) is 10.3. The molecule has 4 heterocycles. The number of nitrogens with zero attached hydrogens (tertiary/aromatic N) is 4. The Labute approximate surface area is 264 Å². The summed E-state index contributed by atoms with van der Waals surface area (Å²) in [5.74, 6) is -1.90. The molecule has 1 saturated heterocycles. The number of imidazole rings is 1. The van der Waals surface area contributed by atoms with Crippen LogP contribution in [0.1, 0.15) is 65.0 Å². The van der Waals surface area contributed by atoms with Gasteiger partial charge >= 0.3 is 11.9 Å². The molecule has 3 aromatic heterocycles. The third-order valence-electron chi connectivity index (χ3n) is 7.22. The highest BCUT2D eigenvalue weighted by Gasteiger charge is 2.49. The van der Waals surface area contributed by atoms with Gasteiger partial charge in [-0.05, 0) is 57.0 Å². The number of thiazole rings is 1. The van der Waals surface area contributed by atoms with Gasteiger partial charge in [-0.2, -0.15) is 0 Å². The number of amides is 1. The first-order valence-corrected chi connectivity index (χ1v) is 15.4. The second kappa shape index (κ2) is 13.3. The Bertz CT molecular complexity index is 1820. The van der Waals surface area contributed by atoms with E-state index in [1.165, 1.54) is 11.0 Å². The lowest BCUT2D eigenvalue weighted by atomic mass is 9.96. The molecular weight excluding hydrogens is 596 g/mol. The Morgan fingerprint density at radius 1 is 1.09 bits per heavy atom. The Hall–Kier alpha value is -4.97. The number of aromatic nitrogens is 3. The van der Waals surface area contributed by atoms with E-state index < -0.39 is 29.5 Å². The predicted octanol–water partition coefficient (Wildman–Crippen LogP) is 5.95. The predicted molar refractivity (Wildman–Crippen MR) is 170 cm³/mol. The van der Waals surface area contributed by atoms with Crippen molar-refractivity contribution >= 4 is 45.5 Å². The molecule has 1 aromatic carbocycles. The third kappa shape index (κ3) is 5.93. The van der Waals surface area contributed by atoms with Crippen LogP contribution < -0.4 is 14.4 Å². The molecule has 5 rings (SSSR count). The normalized spacial score (nSPS) is 15.9. The van der Waals surface area contributed by atoms with E-state index in [4.69, 9.17) is 14.2 Å². The van der Waals surface area contributed by atoms with Crippen molar-refractivity contribution in [2.75, 3.05) is 24.7 Å². The van der Waals surface area contributed by atoms with Crippen LogP contribution in [0.3, 0.4) is 0 Å². The number of anilines is 1. The molecule has 0 saturated carbocycles. The summed E-state index contributed by atoms with van der Waals surface area (Å²) in [4.78, 5) is 50.8. The van der Waals surface area contributed by atoms with E-state index in [2.05, 4.69) is 23.5 Å². The van der Waals surface area contributed by atoms with Crippen LogP contribution in [0, 0.1) is 13.8 Å². The average Bonchev–Trinajstić information content (AvgIpc) is 3.66. The van der Waals surface area contributed by atoms with Gasteiger partial charge in [0.25, 0.3) is 5.78 Å². The zero-order chi connectivity index (χ0) is 32.2. The van der Waals surface area contributed by atoms with Gasteiger partial charge in [-0.3, -0.25) is 18.9 Å². The number of unbranched alkanes of at least 4 members (excludes halogenated alkanes) is 1. The number of ketones is 1. The average molecular weight is 631 g/mol. The van der Waals surface area contributed by atoms with Crippen molar-refractivity contribution in [3.05, 3.63) is 88.3 Å². The fourth-order valence-corrected chi connectivity index (χ4v) is 6.14. The number of aliphatic hydroxyl groups excluding tert-OH is 1. The van der Waals surface area contributed by atoms with Gasteiger partial charge in [0.2, 0.25) is 0 Å². The largest absolute Gasteiger partial charge is 0.505 e. The smallest absolute Gasteiger partial charge is 0.350 e. The Morgan fingerprint density at radius 3 is 2.62 bits per heavy atom. The molecule has 1 aliphatic heterocycles. The molecule has 4 aromatic rings. The zero-order valence-corrected chi connectivity index (χ0v) is 26.3. The topological polar surface area (TPSA) is 133 Å². The molecule has 0 aliphatic carbocycles. The van der Waals surface area contributed by atoms with E-state index in [-0.39, 0.29) is 27.9 Å². The van der Waals surface area contributed by atoms with Gasteiger partial charge in [0.05, 0.1) is 36.2 Å². The molecule has 1 fully saturated rings. The summed E-state index contributed by atoms with van der Waals surface area (Å²) in [5, 5.41) is 11.9. The Kier molecular flexibility index (Phi) is 9.33. The first kappa shape index (κ1) is 31.5. The van der Waals surface area contributed by atoms with Crippen molar-refractivity contribution in [1.29, 1.82) is 0 Å². The lowest BCUT2D eigenvalue weighted by molar-refractivity contribution is -0.132. The van der Waals surface area contributed by atoms with Gasteiger partial charge in [0.1, 0.15) is 22.8 Å². The molecule has 11 nitrogen and oxygen atoms in total. The van der Waals surface area contributed by atoms with Crippen LogP contribution in [0.15, 0.2) is 60.8 Å². The fraction of sp³-hybridized carbons (Fsp3) is 0.303. The van der Waals surface area contributed by atoms with E-state index in [0.717, 1.165) is 24.2 Å². The number of aryl methyl sites for hydroxylation is 2. The fourth-order valence-electron chi connectivity index (χ4n) is 5.16. The number of esters is 1. The summed E-state index contributed by atoms with van der Waals surface area (Å²) >= 11 is 0.923. The van der Waals surface area contributed by atoms with Crippen molar-refractivity contribution in [3.63, 3.8) is 0 Å². The van der Waals surface area contributed by atoms with E-state index >= 15 is 0 Å². The SMILES string of the molecule is C=CCOC(=O)c1sc(N2C(=O)C(=O)/C(=C(/O)c3c(C)nc4ccccn34)C2c2ccc(OCCCC)c(OCC)c2)nc1C. The van der Waals surface area contributed by atoms with Crippen molar-refractivity contribution in [2.45, 2.75) is 46.6 Å². The maximum atomic E-state index is 13.9. The third-order valence-corrected chi connectivity index (χ3v) is 8.36. The number of Topliss-reactive ketones (excluding diaryl/α,β-unsaturated/α-hetero) is 1. The van der Waals surface area contributed by atoms with Crippen LogP contribution in [-0.2, 0) is 14.3 Å². The number of rotatable bonds is 12. The number of hydrogen-bond donors (Lipinski definition) is 1. The van der Waals surface area contributed by atoms with Gasteiger partial charge in [-0.1, -0.05) is 49.5 Å². The molecule has 0 bridgehead atoms. The first-order valence-electron chi connectivity index (χ1n) is 14.6. The summed E-state index contributed by atoms with van der Waals surface area (Å²) in [6.45, 7) is 11.6. The highest BCUT2D eigenvalue weighted by Crippen LogP contribution is 2.46. The molecule has 45 heavy (non-hydrogen) atoms. The standard InChI is InChI=1S/C33H34N4O7S/c1-6-9-17-43-22-14-13-21(18-23(22)42-8-3)27-25(28(38)26-19(4)34-24-12-10-11-15-36(24)26)29(39)31(40)37(27)33-35-20(5)30(45-33)32(41)44-16-7-2/h7,10-15,18,27,38H,2,6,8-9,16-17H2,1,3-5H3/b28-25+. The lowest BCUT2D eigenvalue weighted by Crippen LogP contribution is -2.29. The molecule has 1 amide bonds. The quantitative estimate of drug-likeness (QED) is 0.0503. The molecule has 0 spiro atoms. The number of aliphatic hydroxyl groups is 1. The Morgan fingerprint density at radius 2 is 1.89 bits per heavy atom. The molecule has 12 heteroatoms. The minimum atomic E-state index is -1.12. The van der Waals surface area contributed by atoms with Gasteiger partial charge in [-0.15, -0.1) is 0 Å². The van der Waals surface area contributed by atoms with Gasteiger partial charge in [0.15, 0.2) is 22.4 Å². The lowest BCUT2D eigenvalue weighted by Gasteiger charge is -2.24. The van der Waals surface area contributed by atoms with E-state index in [9.17, 15) is 19.5 Å². The molecule has 234 valence electrons. The van der Waals surface area contributed by atoms with Crippen LogP contribution in [-0.4, -0.2) is 57.0 Å². The summed E-state index contributed by atoms with van der Waals surface area (Å²) in [5.41, 5.74) is 1.96. The molecule has 1 atom stereocenters. The highest BCUT2D eigenvalue weighted by atomic mass is 32.1. The van der Waals surface area contributed by atoms with Crippen LogP contribution in [0.25, 0.3) is 11.4 Å². The number of carbonyl (C=O) groups excluding carboxylic acids is 3. The molecule has 1 aliphatic rings. The van der Waals surface area contributed by atoms with Crippen LogP contribution in [0.4, 0.5) is 5.13 Å². The zero-order valence-electron chi connectivity index (χ0n) is 25.5. The number of hydrogen-bond acceptors (Lipinski definition) is 10. The number of pyridine rings is 1. The van der Waals surface area contributed by atoms with Crippen LogP contribution in [0.5, 0.6) is 11.5 Å². The number of fused-ring (bicyclic) bond motifs is 1. The van der Waals surface area contributed by atoms with E-state index in [1.807, 2.05) is 13.0 Å². The van der Waals surface area contributed by atoms with E-state index in [0.29, 0.717) is 47.3 Å². The monoisotopic (exact) mass is 630 g/mol. The summed E-state index contributed by atoms with van der Waals surface area (Å²) in [6.07, 6.45) is 4.97. The Balaban J connectivity index is 1.71. The van der Waals surface area contributed by atoms with Gasteiger partial charge < -0.3 is 19.3 Å². The number of ether oxygens (including phenoxy) is 3. The number of benzene rings is 1. The van der Waals surface area contributed by atoms with Gasteiger partial charge in [0, 0.05) is 6.20 Å². The first-order chi connectivity index (χ1) is 21.7. The molecule has 1 unspecified atom stereocenters. The molecule has 1 N–H and O–H groups in total. The summed E-state index contributed by atoms with van der Waals surface area (Å²) < 4.78 is 18.7. The maximum Gasteiger partial charge on any atom is 0.350 e. The summed E-state index contributed by atoms with van der Waals surface area (Å²) in [6, 6.07) is 9.39. The van der Waals surface area contributed by atoms with Crippen molar-refractivity contribution in [2.24, 2.45) is 0 Å². The summed E-state index contributed by atoms with van der Waals surface area (Å²) in [7, 11) is 0. The molecular formula is C33H34N4O7S. The second-order valence-corrected chi connectivity index (χ2v) is 11.3. The van der Waals surface area contributed by atoms with Gasteiger partial charge in [-0.25, -0.2) is 14.8 Å². The van der Waals surface area contributed by atoms with Crippen LogP contribution in [0.2, 0.25) is 0 Å².